The summed E-state index contributed by atoms with van der Waals surface area (Å²) in [6, 6.07) is 0.0877. The Morgan fingerprint density at radius 2 is 1.90 bits per heavy atom. The van der Waals surface area contributed by atoms with Gasteiger partial charge in [-0.05, 0) is 38.0 Å². The van der Waals surface area contributed by atoms with Crippen LogP contribution in [0.3, 0.4) is 0 Å². The summed E-state index contributed by atoms with van der Waals surface area (Å²) in [6.45, 7) is 3.67. The Kier molecular flexibility index (Phi) is 7.05. The van der Waals surface area contributed by atoms with Crippen LogP contribution in [-0.2, 0) is 16.0 Å². The highest BCUT2D eigenvalue weighted by molar-refractivity contribution is 5.77. The van der Waals surface area contributed by atoms with Crippen molar-refractivity contribution >= 4 is 11.8 Å². The van der Waals surface area contributed by atoms with Crippen LogP contribution < -0.4 is 0 Å². The molecule has 2 amide bonds. The van der Waals surface area contributed by atoms with Crippen LogP contribution in [0.15, 0.2) is 4.52 Å². The largest absolute Gasteiger partial charge is 0.341 e. The summed E-state index contributed by atoms with van der Waals surface area (Å²) < 4.78 is 5.33. The fraction of sp³-hybridized carbons (Fsp3) is 0.826. The summed E-state index contributed by atoms with van der Waals surface area (Å²) in [5.74, 6) is 2.92. The van der Waals surface area contributed by atoms with Gasteiger partial charge in [0.1, 0.15) is 0 Å². The highest BCUT2D eigenvalue weighted by Crippen LogP contribution is 2.38. The van der Waals surface area contributed by atoms with Crippen LogP contribution in [0.2, 0.25) is 0 Å². The van der Waals surface area contributed by atoms with E-state index >= 15 is 0 Å². The third kappa shape index (κ3) is 5.61. The van der Waals surface area contributed by atoms with Crippen molar-refractivity contribution in [1.29, 1.82) is 0 Å². The van der Waals surface area contributed by atoms with Crippen LogP contribution in [0.1, 0.15) is 95.2 Å². The molecule has 7 nitrogen and oxygen atoms in total. The van der Waals surface area contributed by atoms with Gasteiger partial charge in [0.15, 0.2) is 5.82 Å². The smallest absolute Gasteiger partial charge is 0.229 e. The highest BCUT2D eigenvalue weighted by Gasteiger charge is 2.31. The number of carbonyl (C=O) groups excluding carboxylic acids is 2. The summed E-state index contributed by atoms with van der Waals surface area (Å²) in [4.78, 5) is 33.6. The van der Waals surface area contributed by atoms with Crippen molar-refractivity contribution in [2.75, 3.05) is 19.6 Å². The molecule has 1 aromatic rings. The summed E-state index contributed by atoms with van der Waals surface area (Å²) in [5, 5.41) is 4.08. The molecule has 2 saturated carbocycles. The summed E-state index contributed by atoms with van der Waals surface area (Å²) in [7, 11) is 0. The van der Waals surface area contributed by atoms with Gasteiger partial charge in [0, 0.05) is 51.4 Å². The van der Waals surface area contributed by atoms with Gasteiger partial charge in [0.2, 0.25) is 17.7 Å². The lowest BCUT2D eigenvalue weighted by atomic mass is 9.86. The molecule has 0 N–H and O–H groups in total. The predicted octanol–water partition coefficient (Wildman–Crippen LogP) is 3.69. The van der Waals surface area contributed by atoms with Crippen molar-refractivity contribution in [2.45, 2.75) is 95.9 Å². The Bertz CT molecular complexity index is 724. The van der Waals surface area contributed by atoms with Crippen molar-refractivity contribution in [3.8, 4) is 0 Å². The Balaban J connectivity index is 1.27. The highest BCUT2D eigenvalue weighted by atomic mass is 16.5. The molecule has 0 aromatic carbocycles. The maximum Gasteiger partial charge on any atom is 0.229 e. The molecule has 2 heterocycles. The first-order chi connectivity index (χ1) is 14.6. The van der Waals surface area contributed by atoms with Crippen LogP contribution in [0, 0.1) is 5.92 Å². The number of nitrogens with zero attached hydrogens (tertiary/aromatic N) is 4. The van der Waals surface area contributed by atoms with E-state index in [1.807, 2.05) is 9.80 Å². The molecule has 1 aromatic heterocycles. The van der Waals surface area contributed by atoms with Gasteiger partial charge in [-0.25, -0.2) is 0 Å². The maximum absolute atomic E-state index is 12.8. The van der Waals surface area contributed by atoms with E-state index in [-0.39, 0.29) is 17.9 Å². The minimum atomic E-state index is 0.0578. The quantitative estimate of drug-likeness (QED) is 0.646. The maximum atomic E-state index is 12.8. The number of likely N-dealkylation sites (tertiary alicyclic amines) is 1. The number of carbonyl (C=O) groups is 2. The second-order valence-corrected chi connectivity index (χ2v) is 9.46. The van der Waals surface area contributed by atoms with Crippen LogP contribution in [0.25, 0.3) is 0 Å². The Hall–Kier alpha value is -1.92. The first-order valence-electron chi connectivity index (χ1n) is 12.0. The minimum Gasteiger partial charge on any atom is -0.341 e. The normalized spacial score (nSPS) is 22.8. The number of rotatable bonds is 8. The predicted molar refractivity (Wildman–Crippen MR) is 113 cm³/mol. The molecule has 7 heteroatoms. The zero-order chi connectivity index (χ0) is 20.9. The third-order valence-electron chi connectivity index (χ3n) is 7.07. The van der Waals surface area contributed by atoms with E-state index in [9.17, 15) is 9.59 Å². The van der Waals surface area contributed by atoms with Crippen molar-refractivity contribution in [2.24, 2.45) is 5.92 Å². The van der Waals surface area contributed by atoms with E-state index < -0.39 is 0 Å². The van der Waals surface area contributed by atoms with Crippen LogP contribution >= 0.6 is 0 Å². The molecule has 1 unspecified atom stereocenters. The molecule has 166 valence electrons. The summed E-state index contributed by atoms with van der Waals surface area (Å²) >= 11 is 0. The van der Waals surface area contributed by atoms with Crippen molar-refractivity contribution in [3.63, 3.8) is 0 Å². The standard InChI is InChI=1S/C23H36N4O3/c1-17(28)27(15-13-21-24-23(30-25-21)19-10-11-19)20-8-5-14-26(16-20)22(29)12-9-18-6-3-2-4-7-18/h18-20H,2-16H2,1H3. The number of piperidine rings is 1. The summed E-state index contributed by atoms with van der Waals surface area (Å²) in [6.07, 6.45) is 13.0. The Morgan fingerprint density at radius 3 is 2.63 bits per heavy atom. The number of aromatic nitrogens is 2. The fourth-order valence-electron chi connectivity index (χ4n) is 5.08. The lowest BCUT2D eigenvalue weighted by Crippen LogP contribution is -2.51. The van der Waals surface area contributed by atoms with Crippen LogP contribution in [0.5, 0.6) is 0 Å². The molecule has 1 aliphatic heterocycles. The van der Waals surface area contributed by atoms with E-state index in [2.05, 4.69) is 10.1 Å². The molecule has 0 radical (unpaired) electrons. The third-order valence-corrected chi connectivity index (χ3v) is 7.07. The lowest BCUT2D eigenvalue weighted by Gasteiger charge is -2.39. The van der Waals surface area contributed by atoms with E-state index in [1.54, 1.807) is 6.92 Å². The van der Waals surface area contributed by atoms with Gasteiger partial charge in [-0.3, -0.25) is 9.59 Å². The van der Waals surface area contributed by atoms with Gasteiger partial charge in [-0.15, -0.1) is 0 Å². The lowest BCUT2D eigenvalue weighted by molar-refractivity contribution is -0.138. The van der Waals surface area contributed by atoms with E-state index in [4.69, 9.17) is 4.52 Å². The van der Waals surface area contributed by atoms with Crippen LogP contribution in [-0.4, -0.2) is 57.4 Å². The molecular weight excluding hydrogens is 380 g/mol. The molecule has 0 spiro atoms. The van der Waals surface area contributed by atoms with Gasteiger partial charge in [0.05, 0.1) is 0 Å². The molecule has 1 atom stereocenters. The zero-order valence-corrected chi connectivity index (χ0v) is 18.4. The molecule has 30 heavy (non-hydrogen) atoms. The fourth-order valence-corrected chi connectivity index (χ4v) is 5.08. The van der Waals surface area contributed by atoms with E-state index in [0.717, 1.165) is 50.5 Å². The van der Waals surface area contributed by atoms with Crippen molar-refractivity contribution in [3.05, 3.63) is 11.7 Å². The van der Waals surface area contributed by atoms with E-state index in [1.165, 1.54) is 32.1 Å². The van der Waals surface area contributed by atoms with Gasteiger partial charge >= 0.3 is 0 Å². The molecule has 1 saturated heterocycles. The molecule has 3 aliphatic rings. The van der Waals surface area contributed by atoms with Crippen LogP contribution in [0.4, 0.5) is 0 Å². The molecule has 2 aliphatic carbocycles. The topological polar surface area (TPSA) is 79.5 Å². The zero-order valence-electron chi connectivity index (χ0n) is 18.4. The minimum absolute atomic E-state index is 0.0578. The van der Waals surface area contributed by atoms with Crippen molar-refractivity contribution in [1.82, 2.24) is 19.9 Å². The average molecular weight is 417 g/mol. The van der Waals surface area contributed by atoms with Gasteiger partial charge in [-0.1, -0.05) is 37.3 Å². The second kappa shape index (κ2) is 9.92. The second-order valence-electron chi connectivity index (χ2n) is 9.46. The van der Waals surface area contributed by atoms with Crippen molar-refractivity contribution < 1.29 is 14.1 Å². The SMILES string of the molecule is CC(=O)N(CCc1noc(C2CC2)n1)C1CCCN(C(=O)CCC2CCCCC2)C1. The number of amides is 2. The average Bonchev–Trinajstić information content (AvgIpc) is 3.51. The van der Waals surface area contributed by atoms with Gasteiger partial charge in [0.25, 0.3) is 0 Å². The molecule has 0 bridgehead atoms. The summed E-state index contributed by atoms with van der Waals surface area (Å²) in [5.41, 5.74) is 0. The van der Waals surface area contributed by atoms with Gasteiger partial charge in [-0.2, -0.15) is 4.98 Å². The monoisotopic (exact) mass is 416 g/mol. The molecular formula is C23H36N4O3. The Morgan fingerprint density at radius 1 is 1.10 bits per heavy atom. The first-order valence-corrected chi connectivity index (χ1v) is 12.0. The van der Waals surface area contributed by atoms with Gasteiger partial charge < -0.3 is 14.3 Å². The van der Waals surface area contributed by atoms with E-state index in [0.29, 0.717) is 37.7 Å². The Labute approximate surface area is 179 Å². The number of hydrogen-bond acceptors (Lipinski definition) is 5. The molecule has 4 rings (SSSR count). The molecule has 3 fully saturated rings. The number of hydrogen-bond donors (Lipinski definition) is 0. The first kappa shape index (κ1) is 21.3.